The van der Waals surface area contributed by atoms with Gasteiger partial charge in [0.1, 0.15) is 6.61 Å². The van der Waals surface area contributed by atoms with E-state index in [2.05, 4.69) is 0 Å². The monoisotopic (exact) mass is 295 g/mol. The summed E-state index contributed by atoms with van der Waals surface area (Å²) in [5, 5.41) is 9.91. The smallest absolute Gasteiger partial charge is 0.335 e. The predicted molar refractivity (Wildman–Crippen MR) is 71.4 cm³/mol. The summed E-state index contributed by atoms with van der Waals surface area (Å²) in [5.74, 6) is -1.20. The van der Waals surface area contributed by atoms with Crippen LogP contribution < -0.4 is 0 Å². The van der Waals surface area contributed by atoms with Crippen molar-refractivity contribution >= 4 is 23.5 Å². The molecule has 1 aromatic rings. The summed E-state index contributed by atoms with van der Waals surface area (Å²) in [6.45, 7) is -0.169. The number of morpholine rings is 1. The topological polar surface area (TPSA) is 66.8 Å². The standard InChI is InChI=1S/C14H14ClNO4/c15-9-3-1-8(2-4-9)12-13(14(18)19)20-7-11(17)16(12)10-5-6-10/h1-4,10,12-13H,5-7H2,(H,18,19). The maximum absolute atomic E-state index is 12.1. The van der Waals surface area contributed by atoms with Crippen LogP contribution in [0.15, 0.2) is 24.3 Å². The normalized spacial score (nSPS) is 26.6. The minimum atomic E-state index is -1.05. The molecule has 0 spiro atoms. The van der Waals surface area contributed by atoms with E-state index in [1.807, 2.05) is 0 Å². The van der Waals surface area contributed by atoms with Crippen LogP contribution >= 0.6 is 11.6 Å². The fraction of sp³-hybridized carbons (Fsp3) is 0.429. The first-order chi connectivity index (χ1) is 9.58. The van der Waals surface area contributed by atoms with Gasteiger partial charge >= 0.3 is 5.97 Å². The van der Waals surface area contributed by atoms with Gasteiger partial charge in [-0.1, -0.05) is 23.7 Å². The molecule has 1 aliphatic carbocycles. The Morgan fingerprint density at radius 2 is 1.95 bits per heavy atom. The van der Waals surface area contributed by atoms with Crippen molar-refractivity contribution in [3.8, 4) is 0 Å². The molecular formula is C14H14ClNO4. The molecule has 0 aromatic heterocycles. The molecule has 3 rings (SSSR count). The highest BCUT2D eigenvalue weighted by atomic mass is 35.5. The van der Waals surface area contributed by atoms with Crippen molar-refractivity contribution in [3.05, 3.63) is 34.9 Å². The van der Waals surface area contributed by atoms with Gasteiger partial charge in [0.05, 0.1) is 6.04 Å². The molecule has 6 heteroatoms. The number of ether oxygens (including phenoxy) is 1. The Labute approximate surface area is 121 Å². The number of amides is 1. The maximum Gasteiger partial charge on any atom is 0.335 e. The van der Waals surface area contributed by atoms with E-state index in [1.54, 1.807) is 29.2 Å². The number of carboxylic acid groups (broad SMARTS) is 1. The molecule has 0 radical (unpaired) electrons. The number of rotatable bonds is 3. The van der Waals surface area contributed by atoms with Gasteiger partial charge in [-0.25, -0.2) is 4.79 Å². The lowest BCUT2D eigenvalue weighted by Crippen LogP contribution is -2.52. The number of carboxylic acids is 1. The molecule has 2 unspecified atom stereocenters. The third-order valence-electron chi connectivity index (χ3n) is 3.66. The maximum atomic E-state index is 12.1. The van der Waals surface area contributed by atoms with Crippen LogP contribution in [0.25, 0.3) is 0 Å². The van der Waals surface area contributed by atoms with E-state index >= 15 is 0 Å². The summed E-state index contributed by atoms with van der Waals surface area (Å²) >= 11 is 5.86. The molecule has 2 atom stereocenters. The van der Waals surface area contributed by atoms with Gasteiger partial charge in [0.15, 0.2) is 6.10 Å². The number of halogens is 1. The lowest BCUT2D eigenvalue weighted by atomic mass is 9.97. The number of hydrogen-bond acceptors (Lipinski definition) is 3. The summed E-state index contributed by atoms with van der Waals surface area (Å²) in [6.07, 6.45) is 0.805. The Kier molecular flexibility index (Phi) is 3.40. The second-order valence-electron chi connectivity index (χ2n) is 5.10. The Balaban J connectivity index is 2.00. The van der Waals surface area contributed by atoms with E-state index in [-0.39, 0.29) is 18.6 Å². The van der Waals surface area contributed by atoms with Crippen LogP contribution in [0.3, 0.4) is 0 Å². The molecule has 1 aliphatic heterocycles. The SMILES string of the molecule is O=C(O)C1OCC(=O)N(C2CC2)C1c1ccc(Cl)cc1. The molecule has 2 fully saturated rings. The van der Waals surface area contributed by atoms with Crippen LogP contribution in [-0.4, -0.2) is 40.6 Å². The number of carbonyl (C=O) groups is 2. The summed E-state index contributed by atoms with van der Waals surface area (Å²) in [6, 6.07) is 6.44. The van der Waals surface area contributed by atoms with E-state index in [4.69, 9.17) is 16.3 Å². The number of carbonyl (C=O) groups excluding carboxylic acids is 1. The molecular weight excluding hydrogens is 282 g/mol. The molecule has 5 nitrogen and oxygen atoms in total. The van der Waals surface area contributed by atoms with E-state index in [0.717, 1.165) is 18.4 Å². The van der Waals surface area contributed by atoms with Gasteiger partial charge in [-0.2, -0.15) is 0 Å². The van der Waals surface area contributed by atoms with Crippen LogP contribution in [0.4, 0.5) is 0 Å². The summed E-state index contributed by atoms with van der Waals surface area (Å²) in [5.41, 5.74) is 0.738. The van der Waals surface area contributed by atoms with E-state index in [9.17, 15) is 14.7 Å². The highest BCUT2D eigenvalue weighted by Gasteiger charge is 2.47. The quantitative estimate of drug-likeness (QED) is 0.924. The van der Waals surface area contributed by atoms with Gasteiger partial charge in [-0.15, -0.1) is 0 Å². The number of hydrogen-bond donors (Lipinski definition) is 1. The minimum absolute atomic E-state index is 0.133. The first kappa shape index (κ1) is 13.4. The third-order valence-corrected chi connectivity index (χ3v) is 3.91. The van der Waals surface area contributed by atoms with Crippen LogP contribution in [0, 0.1) is 0 Å². The van der Waals surface area contributed by atoms with E-state index in [1.165, 1.54) is 0 Å². The molecule has 0 bridgehead atoms. The lowest BCUT2D eigenvalue weighted by Gasteiger charge is -2.39. The summed E-state index contributed by atoms with van der Waals surface area (Å²) < 4.78 is 5.23. The summed E-state index contributed by atoms with van der Waals surface area (Å²) in [4.78, 5) is 25.2. The van der Waals surface area contributed by atoms with Crippen molar-refractivity contribution in [1.82, 2.24) is 4.90 Å². The molecule has 20 heavy (non-hydrogen) atoms. The average Bonchev–Trinajstić information content (AvgIpc) is 3.23. The first-order valence-corrected chi connectivity index (χ1v) is 6.87. The zero-order valence-corrected chi connectivity index (χ0v) is 11.4. The molecule has 106 valence electrons. The van der Waals surface area contributed by atoms with E-state index in [0.29, 0.717) is 5.02 Å². The Morgan fingerprint density at radius 3 is 2.50 bits per heavy atom. The zero-order valence-electron chi connectivity index (χ0n) is 10.7. The highest BCUT2D eigenvalue weighted by Crippen LogP contribution is 2.39. The summed E-state index contributed by atoms with van der Waals surface area (Å²) in [7, 11) is 0. The second-order valence-corrected chi connectivity index (χ2v) is 5.53. The number of benzene rings is 1. The van der Waals surface area contributed by atoms with Crippen LogP contribution in [0.5, 0.6) is 0 Å². The van der Waals surface area contributed by atoms with Gasteiger partial charge in [0.2, 0.25) is 5.91 Å². The van der Waals surface area contributed by atoms with Crippen molar-refractivity contribution in [1.29, 1.82) is 0 Å². The highest BCUT2D eigenvalue weighted by molar-refractivity contribution is 6.30. The fourth-order valence-electron chi connectivity index (χ4n) is 2.61. The molecule has 1 amide bonds. The molecule has 1 heterocycles. The molecule has 2 aliphatic rings. The van der Waals surface area contributed by atoms with E-state index < -0.39 is 18.1 Å². The lowest BCUT2D eigenvalue weighted by molar-refractivity contribution is -0.174. The zero-order chi connectivity index (χ0) is 14.3. The minimum Gasteiger partial charge on any atom is -0.479 e. The van der Waals surface area contributed by atoms with Gasteiger partial charge in [-0.3, -0.25) is 4.79 Å². The molecule has 1 N–H and O–H groups in total. The Bertz CT molecular complexity index is 541. The Hall–Kier alpha value is -1.59. The van der Waals surface area contributed by atoms with Gasteiger partial charge in [-0.05, 0) is 30.5 Å². The van der Waals surface area contributed by atoms with Crippen molar-refractivity contribution in [2.75, 3.05) is 6.61 Å². The van der Waals surface area contributed by atoms with Crippen molar-refractivity contribution in [2.24, 2.45) is 0 Å². The molecule has 1 saturated carbocycles. The second kappa shape index (κ2) is 5.07. The van der Waals surface area contributed by atoms with Crippen molar-refractivity contribution < 1.29 is 19.4 Å². The molecule has 1 aromatic carbocycles. The van der Waals surface area contributed by atoms with Crippen LogP contribution in [0.1, 0.15) is 24.4 Å². The molecule has 1 saturated heterocycles. The predicted octanol–water partition coefficient (Wildman–Crippen LogP) is 1.86. The van der Waals surface area contributed by atoms with Gasteiger partial charge in [0, 0.05) is 11.1 Å². The largest absolute Gasteiger partial charge is 0.479 e. The average molecular weight is 296 g/mol. The third kappa shape index (κ3) is 2.39. The fourth-order valence-corrected chi connectivity index (χ4v) is 2.74. The van der Waals surface area contributed by atoms with Crippen molar-refractivity contribution in [2.45, 2.75) is 31.0 Å². The Morgan fingerprint density at radius 1 is 1.30 bits per heavy atom. The first-order valence-electron chi connectivity index (χ1n) is 6.49. The number of nitrogens with zero attached hydrogens (tertiary/aromatic N) is 1. The van der Waals surface area contributed by atoms with Crippen LogP contribution in [-0.2, 0) is 14.3 Å². The van der Waals surface area contributed by atoms with Gasteiger partial charge in [0.25, 0.3) is 0 Å². The van der Waals surface area contributed by atoms with Gasteiger partial charge < -0.3 is 14.7 Å². The van der Waals surface area contributed by atoms with Crippen molar-refractivity contribution in [3.63, 3.8) is 0 Å². The number of aliphatic carboxylic acids is 1. The van der Waals surface area contributed by atoms with Crippen LogP contribution in [0.2, 0.25) is 5.02 Å².